The fraction of sp³-hybridized carbons (Fsp3) is 0.200. The summed E-state index contributed by atoms with van der Waals surface area (Å²) in [5, 5.41) is 9.30. The van der Waals surface area contributed by atoms with Crippen LogP contribution in [0.15, 0.2) is 47.8 Å². The molecule has 0 aliphatic carbocycles. The number of fused-ring (bicyclic) bond motifs is 4. The molecule has 2 aromatic carbocycles. The van der Waals surface area contributed by atoms with Crippen LogP contribution in [0.3, 0.4) is 0 Å². The van der Waals surface area contributed by atoms with Crippen molar-refractivity contribution in [1.29, 1.82) is 0 Å². The average molecular weight is 353 g/mol. The van der Waals surface area contributed by atoms with Crippen LogP contribution in [0, 0.1) is 0 Å². The number of benzene rings is 2. The third-order valence-corrected chi connectivity index (χ3v) is 6.24. The summed E-state index contributed by atoms with van der Waals surface area (Å²) in [6, 6.07) is 15.3. The molecule has 4 heteroatoms. The summed E-state index contributed by atoms with van der Waals surface area (Å²) >= 11 is 8.04. The van der Waals surface area contributed by atoms with E-state index in [1.165, 1.54) is 37.8 Å². The van der Waals surface area contributed by atoms with Crippen molar-refractivity contribution in [2.24, 2.45) is 0 Å². The van der Waals surface area contributed by atoms with E-state index >= 15 is 0 Å². The first kappa shape index (κ1) is 14.5. The average Bonchev–Trinajstić information content (AvgIpc) is 3.20. The summed E-state index contributed by atoms with van der Waals surface area (Å²) in [7, 11) is 0. The van der Waals surface area contributed by atoms with E-state index in [1.54, 1.807) is 0 Å². The Kier molecular flexibility index (Phi) is 3.40. The van der Waals surface area contributed by atoms with E-state index in [1.807, 2.05) is 17.4 Å². The van der Waals surface area contributed by atoms with Gasteiger partial charge in [-0.15, -0.1) is 11.3 Å². The highest BCUT2D eigenvalue weighted by Gasteiger charge is 2.24. The zero-order chi connectivity index (χ0) is 16.1. The van der Waals surface area contributed by atoms with Crippen molar-refractivity contribution in [3.05, 3.63) is 69.7 Å². The predicted octanol–water partition coefficient (Wildman–Crippen LogP) is 5.47. The minimum absolute atomic E-state index is 0.327. The Balaban J connectivity index is 1.59. The van der Waals surface area contributed by atoms with Crippen LogP contribution in [0.4, 0.5) is 0 Å². The lowest BCUT2D eigenvalue weighted by Gasteiger charge is -2.24. The second kappa shape index (κ2) is 5.62. The lowest BCUT2D eigenvalue weighted by Crippen LogP contribution is -2.31. The van der Waals surface area contributed by atoms with Gasteiger partial charge in [0.2, 0.25) is 0 Å². The van der Waals surface area contributed by atoms with E-state index in [0.717, 1.165) is 24.4 Å². The van der Waals surface area contributed by atoms with Gasteiger partial charge in [0.05, 0.1) is 6.04 Å². The Bertz CT molecular complexity index is 1050. The molecule has 0 fully saturated rings. The number of hydrogen-bond donors (Lipinski definition) is 2. The lowest BCUT2D eigenvalue weighted by atomic mass is 9.94. The van der Waals surface area contributed by atoms with E-state index in [4.69, 9.17) is 11.6 Å². The fourth-order valence-corrected chi connectivity index (χ4v) is 4.99. The Morgan fingerprint density at radius 3 is 3.08 bits per heavy atom. The van der Waals surface area contributed by atoms with Crippen molar-refractivity contribution in [3.8, 4) is 0 Å². The van der Waals surface area contributed by atoms with Crippen molar-refractivity contribution >= 4 is 43.9 Å². The molecule has 2 aromatic heterocycles. The van der Waals surface area contributed by atoms with E-state index in [0.29, 0.717) is 6.04 Å². The molecule has 4 aromatic rings. The molecule has 5 rings (SSSR count). The van der Waals surface area contributed by atoms with Crippen molar-refractivity contribution in [1.82, 2.24) is 10.3 Å². The van der Waals surface area contributed by atoms with Crippen LogP contribution in [0.2, 0.25) is 5.02 Å². The highest BCUT2D eigenvalue weighted by molar-refractivity contribution is 7.17. The normalized spacial score (nSPS) is 17.5. The van der Waals surface area contributed by atoms with E-state index in [9.17, 15) is 0 Å². The second-order valence-corrected chi connectivity index (χ2v) is 7.78. The molecule has 1 aliphatic heterocycles. The number of aromatic nitrogens is 1. The van der Waals surface area contributed by atoms with E-state index < -0.39 is 0 Å². The smallest absolute Gasteiger partial charge is 0.0517 e. The molecule has 0 amide bonds. The van der Waals surface area contributed by atoms with Crippen LogP contribution in [-0.2, 0) is 12.8 Å². The van der Waals surface area contributed by atoms with Gasteiger partial charge in [-0.2, -0.15) is 0 Å². The molecule has 0 radical (unpaired) electrons. The molecule has 0 saturated heterocycles. The summed E-state index contributed by atoms with van der Waals surface area (Å²) in [5.41, 5.74) is 5.36. The van der Waals surface area contributed by atoms with Gasteiger partial charge in [-0.25, -0.2) is 0 Å². The van der Waals surface area contributed by atoms with Crippen molar-refractivity contribution in [3.63, 3.8) is 0 Å². The van der Waals surface area contributed by atoms with Crippen molar-refractivity contribution in [2.45, 2.75) is 18.9 Å². The summed E-state index contributed by atoms with van der Waals surface area (Å²) in [6.07, 6.45) is 2.06. The lowest BCUT2D eigenvalue weighted by molar-refractivity contribution is 0.496. The highest BCUT2D eigenvalue weighted by atomic mass is 35.5. The first-order chi connectivity index (χ1) is 11.8. The van der Waals surface area contributed by atoms with Crippen LogP contribution in [0.1, 0.15) is 22.9 Å². The summed E-state index contributed by atoms with van der Waals surface area (Å²) in [6.45, 7) is 1.01. The molecule has 0 saturated carbocycles. The van der Waals surface area contributed by atoms with Crippen LogP contribution >= 0.6 is 22.9 Å². The number of thiophene rings is 1. The van der Waals surface area contributed by atoms with Crippen LogP contribution in [0.5, 0.6) is 0 Å². The number of rotatable bonds is 2. The summed E-state index contributed by atoms with van der Waals surface area (Å²) in [5.74, 6) is 0. The van der Waals surface area contributed by atoms with Crippen molar-refractivity contribution < 1.29 is 0 Å². The highest BCUT2D eigenvalue weighted by Crippen LogP contribution is 2.35. The SMILES string of the molecule is Clc1ccc2[nH]c3c(c2c1)CCNC3Cc1cccc2ccsc12. The molecule has 3 heterocycles. The summed E-state index contributed by atoms with van der Waals surface area (Å²) in [4.78, 5) is 3.64. The maximum Gasteiger partial charge on any atom is 0.0517 e. The van der Waals surface area contributed by atoms with E-state index in [2.05, 4.69) is 52.1 Å². The van der Waals surface area contributed by atoms with E-state index in [-0.39, 0.29) is 0 Å². The number of halogens is 1. The van der Waals surface area contributed by atoms with Gasteiger partial charge in [-0.05, 0) is 65.5 Å². The third kappa shape index (κ3) is 2.27. The van der Waals surface area contributed by atoms with Gasteiger partial charge in [0.1, 0.15) is 0 Å². The minimum atomic E-state index is 0.327. The van der Waals surface area contributed by atoms with Gasteiger partial charge in [0.15, 0.2) is 0 Å². The number of nitrogens with one attached hydrogen (secondary N) is 2. The molecule has 24 heavy (non-hydrogen) atoms. The minimum Gasteiger partial charge on any atom is -0.357 e. The Hall–Kier alpha value is -1.81. The molecular weight excluding hydrogens is 336 g/mol. The maximum atomic E-state index is 6.21. The monoisotopic (exact) mass is 352 g/mol. The van der Waals surface area contributed by atoms with Crippen LogP contribution < -0.4 is 5.32 Å². The van der Waals surface area contributed by atoms with Crippen LogP contribution in [-0.4, -0.2) is 11.5 Å². The Morgan fingerprint density at radius 2 is 2.12 bits per heavy atom. The molecular formula is C20H17ClN2S. The topological polar surface area (TPSA) is 27.8 Å². The summed E-state index contributed by atoms with van der Waals surface area (Å²) < 4.78 is 1.41. The van der Waals surface area contributed by atoms with Gasteiger partial charge in [-0.1, -0.05) is 29.8 Å². The standard InChI is InChI=1S/C20H17ClN2S/c21-14-4-5-17-16(11-14)15-6-8-22-18(19(15)23-17)10-13-3-1-2-12-7-9-24-20(12)13/h1-5,7,9,11,18,22-23H,6,8,10H2. The number of H-pyrrole nitrogens is 1. The predicted molar refractivity (Wildman–Crippen MR) is 103 cm³/mol. The van der Waals surface area contributed by atoms with Gasteiger partial charge < -0.3 is 10.3 Å². The molecule has 2 N–H and O–H groups in total. The molecule has 1 atom stereocenters. The number of hydrogen-bond acceptors (Lipinski definition) is 2. The molecule has 1 unspecified atom stereocenters. The zero-order valence-electron chi connectivity index (χ0n) is 13.1. The number of aromatic amines is 1. The second-order valence-electron chi connectivity index (χ2n) is 6.42. The van der Waals surface area contributed by atoms with Crippen molar-refractivity contribution in [2.75, 3.05) is 6.54 Å². The molecule has 0 spiro atoms. The Labute approximate surface area is 149 Å². The Morgan fingerprint density at radius 1 is 1.17 bits per heavy atom. The molecule has 120 valence electrons. The fourth-order valence-electron chi connectivity index (χ4n) is 3.89. The molecule has 2 nitrogen and oxygen atoms in total. The zero-order valence-corrected chi connectivity index (χ0v) is 14.7. The third-order valence-electron chi connectivity index (χ3n) is 5.00. The van der Waals surface area contributed by atoms with Gasteiger partial charge >= 0.3 is 0 Å². The van der Waals surface area contributed by atoms with Gasteiger partial charge in [0.25, 0.3) is 0 Å². The maximum absolute atomic E-state index is 6.21. The van der Waals surface area contributed by atoms with Gasteiger partial charge in [-0.3, -0.25) is 0 Å². The van der Waals surface area contributed by atoms with Gasteiger partial charge in [0, 0.05) is 26.3 Å². The molecule has 0 bridgehead atoms. The first-order valence-electron chi connectivity index (χ1n) is 8.28. The first-order valence-corrected chi connectivity index (χ1v) is 9.54. The molecule has 1 aliphatic rings. The largest absolute Gasteiger partial charge is 0.357 e. The quantitative estimate of drug-likeness (QED) is 0.492. The van der Waals surface area contributed by atoms with Crippen LogP contribution in [0.25, 0.3) is 21.0 Å².